The van der Waals surface area contributed by atoms with Crippen LogP contribution < -0.4 is 5.73 Å². The number of hydrogen-bond acceptors (Lipinski definition) is 3. The molecule has 0 radical (unpaired) electrons. The van der Waals surface area contributed by atoms with Gasteiger partial charge in [0.25, 0.3) is 0 Å². The standard InChI is InChI=1S/C11H11FN2O/c1-7-4-8(2-3-10(7)12)11-14-9(5-13)6-15-11/h2-4,6H,5,13H2,1H3. The Bertz CT molecular complexity index is 479. The third-order valence-corrected chi connectivity index (χ3v) is 2.17. The highest BCUT2D eigenvalue weighted by Crippen LogP contribution is 2.20. The van der Waals surface area contributed by atoms with Gasteiger partial charge in [0.15, 0.2) is 0 Å². The Kier molecular flexibility index (Phi) is 2.51. The molecule has 0 atom stereocenters. The summed E-state index contributed by atoms with van der Waals surface area (Å²) < 4.78 is 18.2. The van der Waals surface area contributed by atoms with Crippen molar-refractivity contribution < 1.29 is 8.81 Å². The van der Waals surface area contributed by atoms with E-state index >= 15 is 0 Å². The van der Waals surface area contributed by atoms with Crippen LogP contribution in [0.4, 0.5) is 4.39 Å². The SMILES string of the molecule is Cc1cc(-c2nc(CN)co2)ccc1F. The molecule has 0 spiro atoms. The van der Waals surface area contributed by atoms with E-state index in [4.69, 9.17) is 10.2 Å². The molecule has 0 unspecified atom stereocenters. The Balaban J connectivity index is 2.40. The van der Waals surface area contributed by atoms with Crippen molar-refractivity contribution >= 4 is 0 Å². The summed E-state index contributed by atoms with van der Waals surface area (Å²) in [6.07, 6.45) is 1.51. The highest BCUT2D eigenvalue weighted by Gasteiger charge is 2.07. The average molecular weight is 206 g/mol. The second-order valence-corrected chi connectivity index (χ2v) is 3.31. The first-order valence-corrected chi connectivity index (χ1v) is 4.61. The molecule has 2 aromatic rings. The third kappa shape index (κ3) is 1.89. The fourth-order valence-corrected chi connectivity index (χ4v) is 1.31. The van der Waals surface area contributed by atoms with Crippen LogP contribution >= 0.6 is 0 Å². The van der Waals surface area contributed by atoms with Gasteiger partial charge in [0, 0.05) is 12.1 Å². The van der Waals surface area contributed by atoms with E-state index < -0.39 is 0 Å². The van der Waals surface area contributed by atoms with Crippen molar-refractivity contribution in [3.05, 3.63) is 41.5 Å². The predicted molar refractivity (Wildman–Crippen MR) is 54.5 cm³/mol. The summed E-state index contributed by atoms with van der Waals surface area (Å²) in [5.41, 5.74) is 7.43. The second kappa shape index (κ2) is 3.82. The Hall–Kier alpha value is -1.68. The van der Waals surface area contributed by atoms with Crippen LogP contribution in [0.2, 0.25) is 0 Å². The molecule has 1 heterocycles. The Morgan fingerprint density at radius 2 is 2.27 bits per heavy atom. The molecular weight excluding hydrogens is 195 g/mol. The Morgan fingerprint density at radius 3 is 2.87 bits per heavy atom. The lowest BCUT2D eigenvalue weighted by atomic mass is 10.1. The number of hydrogen-bond donors (Lipinski definition) is 1. The van der Waals surface area contributed by atoms with Crippen LogP contribution in [0.15, 0.2) is 28.9 Å². The lowest BCUT2D eigenvalue weighted by Crippen LogP contribution is -1.95. The molecule has 0 saturated heterocycles. The lowest BCUT2D eigenvalue weighted by Gasteiger charge is -1.98. The minimum absolute atomic E-state index is 0.232. The maximum Gasteiger partial charge on any atom is 0.226 e. The molecule has 1 aromatic carbocycles. The van der Waals surface area contributed by atoms with Gasteiger partial charge in [0.05, 0.1) is 5.69 Å². The maximum atomic E-state index is 13.0. The topological polar surface area (TPSA) is 52.0 Å². The smallest absolute Gasteiger partial charge is 0.226 e. The first-order valence-electron chi connectivity index (χ1n) is 4.61. The summed E-state index contributed by atoms with van der Waals surface area (Å²) in [5, 5.41) is 0. The van der Waals surface area contributed by atoms with Crippen LogP contribution in [-0.4, -0.2) is 4.98 Å². The molecule has 0 bridgehead atoms. The zero-order valence-corrected chi connectivity index (χ0v) is 8.33. The van der Waals surface area contributed by atoms with E-state index in [-0.39, 0.29) is 5.82 Å². The molecule has 4 heteroatoms. The van der Waals surface area contributed by atoms with Crippen LogP contribution in [0.25, 0.3) is 11.5 Å². The fourth-order valence-electron chi connectivity index (χ4n) is 1.31. The summed E-state index contributed by atoms with van der Waals surface area (Å²) in [6, 6.07) is 4.73. The first kappa shape index (κ1) is 9.86. The van der Waals surface area contributed by atoms with Gasteiger partial charge in [-0.05, 0) is 30.7 Å². The molecule has 0 aliphatic rings. The molecule has 0 aliphatic heterocycles. The number of benzene rings is 1. The van der Waals surface area contributed by atoms with E-state index in [0.717, 1.165) is 5.56 Å². The van der Waals surface area contributed by atoms with Crippen molar-refractivity contribution in [2.24, 2.45) is 5.73 Å². The van der Waals surface area contributed by atoms with E-state index in [1.165, 1.54) is 12.3 Å². The van der Waals surface area contributed by atoms with Gasteiger partial charge in [0.2, 0.25) is 5.89 Å². The number of aryl methyl sites for hydroxylation is 1. The molecule has 0 amide bonds. The van der Waals surface area contributed by atoms with Crippen molar-refractivity contribution in [3.8, 4) is 11.5 Å². The summed E-state index contributed by atoms with van der Waals surface area (Å²) >= 11 is 0. The number of rotatable bonds is 2. The fraction of sp³-hybridized carbons (Fsp3) is 0.182. The van der Waals surface area contributed by atoms with Crippen LogP contribution in [-0.2, 0) is 6.54 Å². The number of nitrogens with zero attached hydrogens (tertiary/aromatic N) is 1. The van der Waals surface area contributed by atoms with E-state index in [0.29, 0.717) is 23.7 Å². The van der Waals surface area contributed by atoms with Gasteiger partial charge < -0.3 is 10.2 Å². The monoisotopic (exact) mass is 206 g/mol. The van der Waals surface area contributed by atoms with Crippen LogP contribution in [0.3, 0.4) is 0 Å². The largest absolute Gasteiger partial charge is 0.444 e. The van der Waals surface area contributed by atoms with Crippen LogP contribution in [0, 0.1) is 12.7 Å². The van der Waals surface area contributed by atoms with Crippen molar-refractivity contribution in [2.45, 2.75) is 13.5 Å². The predicted octanol–water partition coefficient (Wildman–Crippen LogP) is 2.25. The van der Waals surface area contributed by atoms with Gasteiger partial charge in [0.1, 0.15) is 12.1 Å². The normalized spacial score (nSPS) is 10.6. The molecule has 2 rings (SSSR count). The Labute approximate surface area is 86.7 Å². The van der Waals surface area contributed by atoms with E-state index in [1.54, 1.807) is 19.1 Å². The first-order chi connectivity index (χ1) is 7.20. The lowest BCUT2D eigenvalue weighted by molar-refractivity contribution is 0.571. The van der Waals surface area contributed by atoms with Crippen molar-refractivity contribution in [1.82, 2.24) is 4.98 Å². The quantitative estimate of drug-likeness (QED) is 0.819. The minimum Gasteiger partial charge on any atom is -0.444 e. The summed E-state index contributed by atoms with van der Waals surface area (Å²) in [7, 11) is 0. The average Bonchev–Trinajstić information content (AvgIpc) is 2.70. The van der Waals surface area contributed by atoms with Crippen LogP contribution in [0.5, 0.6) is 0 Å². The molecule has 15 heavy (non-hydrogen) atoms. The maximum absolute atomic E-state index is 13.0. The van der Waals surface area contributed by atoms with Gasteiger partial charge in [-0.1, -0.05) is 0 Å². The van der Waals surface area contributed by atoms with Crippen molar-refractivity contribution in [3.63, 3.8) is 0 Å². The summed E-state index contributed by atoms with van der Waals surface area (Å²) in [6.45, 7) is 2.04. The van der Waals surface area contributed by atoms with Crippen molar-refractivity contribution in [1.29, 1.82) is 0 Å². The zero-order valence-electron chi connectivity index (χ0n) is 8.33. The Morgan fingerprint density at radius 1 is 1.47 bits per heavy atom. The second-order valence-electron chi connectivity index (χ2n) is 3.31. The summed E-state index contributed by atoms with van der Waals surface area (Å²) in [5.74, 6) is 0.239. The van der Waals surface area contributed by atoms with Gasteiger partial charge >= 0.3 is 0 Å². The summed E-state index contributed by atoms with van der Waals surface area (Å²) in [4.78, 5) is 4.16. The van der Waals surface area contributed by atoms with Gasteiger partial charge in [-0.15, -0.1) is 0 Å². The molecule has 2 N–H and O–H groups in total. The van der Waals surface area contributed by atoms with Crippen LogP contribution in [0.1, 0.15) is 11.3 Å². The molecule has 3 nitrogen and oxygen atoms in total. The molecule has 0 fully saturated rings. The molecule has 0 saturated carbocycles. The van der Waals surface area contributed by atoms with E-state index in [9.17, 15) is 4.39 Å². The number of aromatic nitrogens is 1. The number of nitrogens with two attached hydrogens (primary N) is 1. The number of oxazole rings is 1. The highest BCUT2D eigenvalue weighted by molar-refractivity contribution is 5.54. The number of halogens is 1. The molecule has 0 aliphatic carbocycles. The van der Waals surface area contributed by atoms with Gasteiger partial charge in [-0.3, -0.25) is 0 Å². The molecular formula is C11H11FN2O. The van der Waals surface area contributed by atoms with Gasteiger partial charge in [-0.2, -0.15) is 0 Å². The van der Waals surface area contributed by atoms with E-state index in [2.05, 4.69) is 4.98 Å². The minimum atomic E-state index is -0.232. The van der Waals surface area contributed by atoms with Crippen molar-refractivity contribution in [2.75, 3.05) is 0 Å². The third-order valence-electron chi connectivity index (χ3n) is 2.17. The molecule has 78 valence electrons. The zero-order chi connectivity index (χ0) is 10.8. The van der Waals surface area contributed by atoms with E-state index in [1.807, 2.05) is 0 Å². The van der Waals surface area contributed by atoms with Gasteiger partial charge in [-0.25, -0.2) is 9.37 Å². The highest BCUT2D eigenvalue weighted by atomic mass is 19.1. The molecule has 1 aromatic heterocycles.